The van der Waals surface area contributed by atoms with Gasteiger partial charge in [0.1, 0.15) is 0 Å². The molecule has 0 atom stereocenters. The van der Waals surface area contributed by atoms with E-state index < -0.39 is 0 Å². The highest BCUT2D eigenvalue weighted by Crippen LogP contribution is 2.32. The van der Waals surface area contributed by atoms with E-state index >= 15 is 0 Å². The number of benzene rings is 2. The molecule has 2 aromatic carbocycles. The summed E-state index contributed by atoms with van der Waals surface area (Å²) < 4.78 is 15.5. The number of fused-ring (bicyclic) bond motifs is 1. The van der Waals surface area contributed by atoms with Crippen LogP contribution in [-0.2, 0) is 11.2 Å². The van der Waals surface area contributed by atoms with Gasteiger partial charge in [0.25, 0.3) is 0 Å². The SMILES string of the molecule is CCOC(=O)c1ccc(NC(=O)NCCc2ccc3c(c2)OCO3)cc1. The van der Waals surface area contributed by atoms with Gasteiger partial charge in [-0.1, -0.05) is 6.07 Å². The lowest BCUT2D eigenvalue weighted by Crippen LogP contribution is -2.30. The monoisotopic (exact) mass is 356 g/mol. The number of ether oxygens (including phenoxy) is 3. The Hall–Kier alpha value is -3.22. The van der Waals surface area contributed by atoms with Crippen LogP contribution in [0.1, 0.15) is 22.8 Å². The molecule has 1 aliphatic rings. The Morgan fingerprint density at radius 1 is 1.08 bits per heavy atom. The second-order valence-corrected chi connectivity index (χ2v) is 5.62. The Kier molecular flexibility index (Phi) is 5.58. The summed E-state index contributed by atoms with van der Waals surface area (Å²) in [7, 11) is 0. The Morgan fingerprint density at radius 2 is 1.85 bits per heavy atom. The van der Waals surface area contributed by atoms with E-state index in [1.165, 1.54) is 0 Å². The van der Waals surface area contributed by atoms with Crippen LogP contribution in [-0.4, -0.2) is 31.9 Å². The summed E-state index contributed by atoms with van der Waals surface area (Å²) in [4.78, 5) is 23.5. The summed E-state index contributed by atoms with van der Waals surface area (Å²) >= 11 is 0. The van der Waals surface area contributed by atoms with Gasteiger partial charge in [-0.3, -0.25) is 0 Å². The molecule has 136 valence electrons. The minimum Gasteiger partial charge on any atom is -0.462 e. The molecule has 26 heavy (non-hydrogen) atoms. The molecule has 0 fully saturated rings. The summed E-state index contributed by atoms with van der Waals surface area (Å²) in [5.41, 5.74) is 2.09. The minimum absolute atomic E-state index is 0.244. The smallest absolute Gasteiger partial charge is 0.338 e. The number of amides is 2. The van der Waals surface area contributed by atoms with Gasteiger partial charge in [0, 0.05) is 12.2 Å². The third-order valence-electron chi connectivity index (χ3n) is 3.79. The van der Waals surface area contributed by atoms with Crippen molar-refractivity contribution in [3.05, 3.63) is 53.6 Å². The lowest BCUT2D eigenvalue weighted by molar-refractivity contribution is 0.0526. The van der Waals surface area contributed by atoms with Gasteiger partial charge in [-0.05, 0) is 55.3 Å². The van der Waals surface area contributed by atoms with Crippen molar-refractivity contribution in [2.75, 3.05) is 25.3 Å². The molecule has 0 saturated carbocycles. The standard InChI is InChI=1S/C19H20N2O5/c1-2-24-18(22)14-4-6-15(7-5-14)21-19(23)20-10-9-13-3-8-16-17(11-13)26-12-25-16/h3-8,11H,2,9-10,12H2,1H3,(H2,20,21,23). The number of hydrogen-bond acceptors (Lipinski definition) is 5. The molecule has 0 aliphatic carbocycles. The van der Waals surface area contributed by atoms with Gasteiger partial charge < -0.3 is 24.8 Å². The second kappa shape index (κ2) is 8.24. The van der Waals surface area contributed by atoms with Crippen LogP contribution in [0.5, 0.6) is 11.5 Å². The Bertz CT molecular complexity index is 789. The molecular weight excluding hydrogens is 336 g/mol. The molecule has 0 aromatic heterocycles. The van der Waals surface area contributed by atoms with Crippen molar-refractivity contribution < 1.29 is 23.8 Å². The van der Waals surface area contributed by atoms with E-state index in [0.29, 0.717) is 30.8 Å². The van der Waals surface area contributed by atoms with Crippen LogP contribution in [0.15, 0.2) is 42.5 Å². The Morgan fingerprint density at radius 3 is 2.62 bits per heavy atom. The zero-order valence-electron chi connectivity index (χ0n) is 14.4. The van der Waals surface area contributed by atoms with Crippen molar-refractivity contribution in [2.45, 2.75) is 13.3 Å². The molecule has 1 aliphatic heterocycles. The zero-order valence-corrected chi connectivity index (χ0v) is 14.4. The normalized spacial score (nSPS) is 11.7. The maximum Gasteiger partial charge on any atom is 0.338 e. The predicted molar refractivity (Wildman–Crippen MR) is 95.7 cm³/mol. The number of anilines is 1. The molecule has 2 amide bonds. The Balaban J connectivity index is 1.44. The summed E-state index contributed by atoms with van der Waals surface area (Å²) in [5, 5.41) is 5.51. The lowest BCUT2D eigenvalue weighted by atomic mass is 10.1. The molecule has 7 nitrogen and oxygen atoms in total. The summed E-state index contributed by atoms with van der Waals surface area (Å²) in [6.07, 6.45) is 0.672. The van der Waals surface area contributed by atoms with Crippen molar-refractivity contribution in [2.24, 2.45) is 0 Å². The predicted octanol–water partition coefficient (Wildman–Crippen LogP) is 2.96. The second-order valence-electron chi connectivity index (χ2n) is 5.62. The summed E-state index contributed by atoms with van der Waals surface area (Å²) in [6.45, 7) is 2.80. The van der Waals surface area contributed by atoms with Gasteiger partial charge in [0.15, 0.2) is 11.5 Å². The summed E-state index contributed by atoms with van der Waals surface area (Å²) in [6, 6.07) is 11.9. The summed E-state index contributed by atoms with van der Waals surface area (Å²) in [5.74, 6) is 1.09. The molecule has 2 N–H and O–H groups in total. The lowest BCUT2D eigenvalue weighted by Gasteiger charge is -2.09. The fourth-order valence-electron chi connectivity index (χ4n) is 2.50. The first-order valence-electron chi connectivity index (χ1n) is 8.36. The first-order valence-corrected chi connectivity index (χ1v) is 8.36. The average molecular weight is 356 g/mol. The van der Waals surface area contributed by atoms with Crippen LogP contribution in [0.4, 0.5) is 10.5 Å². The van der Waals surface area contributed by atoms with Crippen LogP contribution in [0, 0.1) is 0 Å². The van der Waals surface area contributed by atoms with Gasteiger partial charge in [0.2, 0.25) is 6.79 Å². The first kappa shape index (κ1) is 17.6. The molecule has 0 saturated heterocycles. The molecule has 3 rings (SSSR count). The van der Waals surface area contributed by atoms with E-state index in [-0.39, 0.29) is 18.8 Å². The number of carbonyl (C=O) groups is 2. The fraction of sp³-hybridized carbons (Fsp3) is 0.263. The van der Waals surface area contributed by atoms with Gasteiger partial charge in [0.05, 0.1) is 12.2 Å². The number of urea groups is 1. The quantitative estimate of drug-likeness (QED) is 0.777. The molecule has 2 aromatic rings. The molecule has 0 bridgehead atoms. The van der Waals surface area contributed by atoms with E-state index in [4.69, 9.17) is 14.2 Å². The van der Waals surface area contributed by atoms with Crippen LogP contribution in [0.3, 0.4) is 0 Å². The van der Waals surface area contributed by atoms with E-state index in [1.54, 1.807) is 31.2 Å². The molecule has 0 spiro atoms. The highest BCUT2D eigenvalue weighted by atomic mass is 16.7. The number of nitrogens with one attached hydrogen (secondary N) is 2. The molecule has 0 unspecified atom stereocenters. The molecular formula is C19H20N2O5. The van der Waals surface area contributed by atoms with Crippen molar-refractivity contribution in [3.63, 3.8) is 0 Å². The van der Waals surface area contributed by atoms with Crippen LogP contribution >= 0.6 is 0 Å². The minimum atomic E-state index is -0.382. The largest absolute Gasteiger partial charge is 0.462 e. The molecule has 7 heteroatoms. The van der Waals surface area contributed by atoms with Crippen molar-refractivity contribution in [1.82, 2.24) is 5.32 Å². The topological polar surface area (TPSA) is 85.9 Å². The maximum atomic E-state index is 12.0. The van der Waals surface area contributed by atoms with Gasteiger partial charge >= 0.3 is 12.0 Å². The van der Waals surface area contributed by atoms with Crippen molar-refractivity contribution >= 4 is 17.7 Å². The molecule has 1 heterocycles. The van der Waals surface area contributed by atoms with Gasteiger partial charge in [-0.2, -0.15) is 0 Å². The van der Waals surface area contributed by atoms with Crippen molar-refractivity contribution in [3.8, 4) is 11.5 Å². The Labute approximate surface area is 151 Å². The first-order chi connectivity index (χ1) is 12.7. The van der Waals surface area contributed by atoms with E-state index in [9.17, 15) is 9.59 Å². The highest BCUT2D eigenvalue weighted by molar-refractivity contribution is 5.92. The van der Waals surface area contributed by atoms with E-state index in [2.05, 4.69) is 10.6 Å². The van der Waals surface area contributed by atoms with E-state index in [0.717, 1.165) is 17.1 Å². The fourth-order valence-corrected chi connectivity index (χ4v) is 2.50. The average Bonchev–Trinajstić information content (AvgIpc) is 3.10. The van der Waals surface area contributed by atoms with E-state index in [1.807, 2.05) is 18.2 Å². The number of esters is 1. The maximum absolute atomic E-state index is 12.0. The number of rotatable bonds is 6. The van der Waals surface area contributed by atoms with Crippen LogP contribution in [0.2, 0.25) is 0 Å². The third-order valence-corrected chi connectivity index (χ3v) is 3.79. The zero-order chi connectivity index (χ0) is 18.4. The van der Waals surface area contributed by atoms with Crippen molar-refractivity contribution in [1.29, 1.82) is 0 Å². The third kappa shape index (κ3) is 4.44. The van der Waals surface area contributed by atoms with Crippen LogP contribution in [0.25, 0.3) is 0 Å². The van der Waals surface area contributed by atoms with Gasteiger partial charge in [-0.25, -0.2) is 9.59 Å². The molecule has 0 radical (unpaired) electrons. The number of carbonyl (C=O) groups excluding carboxylic acids is 2. The van der Waals surface area contributed by atoms with Crippen LogP contribution < -0.4 is 20.1 Å². The van der Waals surface area contributed by atoms with Gasteiger partial charge in [-0.15, -0.1) is 0 Å². The highest BCUT2D eigenvalue weighted by Gasteiger charge is 2.13. The number of hydrogen-bond donors (Lipinski definition) is 2.